The van der Waals surface area contributed by atoms with Crippen LogP contribution in [0.2, 0.25) is 0 Å². The van der Waals surface area contributed by atoms with Crippen LogP contribution in [0.3, 0.4) is 0 Å². The number of nitrogens with zero attached hydrogens (tertiary/aromatic N) is 1. The maximum Gasteiger partial charge on any atom is 0.307 e. The van der Waals surface area contributed by atoms with Crippen molar-refractivity contribution in [1.29, 1.82) is 0 Å². The SMILES string of the molecule is CCOC(=O)CC(c1csc2ccccc12)N1CCCC1. The molecule has 3 rings (SSSR count). The van der Waals surface area contributed by atoms with Crippen LogP contribution in [0, 0.1) is 0 Å². The molecule has 1 aliphatic heterocycles. The van der Waals surface area contributed by atoms with Gasteiger partial charge in [-0.2, -0.15) is 0 Å². The third-order valence-electron chi connectivity index (χ3n) is 4.12. The van der Waals surface area contributed by atoms with Gasteiger partial charge in [-0.3, -0.25) is 9.69 Å². The Morgan fingerprint density at radius 1 is 1.33 bits per heavy atom. The van der Waals surface area contributed by atoms with Crippen molar-refractivity contribution in [3.05, 3.63) is 35.2 Å². The summed E-state index contributed by atoms with van der Waals surface area (Å²) in [4.78, 5) is 14.4. The van der Waals surface area contributed by atoms with Crippen LogP contribution < -0.4 is 0 Å². The van der Waals surface area contributed by atoms with Crippen molar-refractivity contribution in [2.75, 3.05) is 19.7 Å². The summed E-state index contributed by atoms with van der Waals surface area (Å²) < 4.78 is 6.47. The van der Waals surface area contributed by atoms with Gasteiger partial charge in [-0.05, 0) is 55.3 Å². The Bertz CT molecular complexity index is 616. The van der Waals surface area contributed by atoms with E-state index in [1.165, 1.54) is 28.5 Å². The molecule has 0 bridgehead atoms. The molecule has 1 aliphatic rings. The van der Waals surface area contributed by atoms with Crippen LogP contribution in [0.4, 0.5) is 0 Å². The van der Waals surface area contributed by atoms with Crippen LogP contribution in [-0.2, 0) is 9.53 Å². The summed E-state index contributed by atoms with van der Waals surface area (Å²) in [6, 6.07) is 8.61. The molecule has 2 heterocycles. The lowest BCUT2D eigenvalue weighted by atomic mass is 10.0. The van der Waals surface area contributed by atoms with E-state index in [0.29, 0.717) is 13.0 Å². The molecule has 0 spiro atoms. The molecule has 1 unspecified atom stereocenters. The molecule has 0 saturated carbocycles. The topological polar surface area (TPSA) is 29.5 Å². The maximum absolute atomic E-state index is 12.0. The van der Waals surface area contributed by atoms with Gasteiger partial charge in [0.15, 0.2) is 0 Å². The Morgan fingerprint density at radius 3 is 2.86 bits per heavy atom. The van der Waals surface area contributed by atoms with E-state index in [1.807, 2.05) is 6.92 Å². The van der Waals surface area contributed by atoms with E-state index in [0.717, 1.165) is 13.1 Å². The summed E-state index contributed by atoms with van der Waals surface area (Å²) in [5, 5.41) is 3.50. The van der Waals surface area contributed by atoms with Crippen LogP contribution in [0.25, 0.3) is 10.1 Å². The molecule has 1 aromatic heterocycles. The fourth-order valence-corrected chi connectivity index (χ4v) is 4.13. The molecule has 4 heteroatoms. The monoisotopic (exact) mass is 303 g/mol. The first-order valence-electron chi connectivity index (χ1n) is 7.65. The molecule has 0 N–H and O–H groups in total. The summed E-state index contributed by atoms with van der Waals surface area (Å²) in [6.07, 6.45) is 2.90. The number of thiophene rings is 1. The smallest absolute Gasteiger partial charge is 0.307 e. The van der Waals surface area contributed by atoms with Crippen LogP contribution in [-0.4, -0.2) is 30.6 Å². The molecular formula is C17H21NO2S. The van der Waals surface area contributed by atoms with E-state index in [2.05, 4.69) is 34.5 Å². The van der Waals surface area contributed by atoms with E-state index in [4.69, 9.17) is 4.74 Å². The van der Waals surface area contributed by atoms with E-state index in [1.54, 1.807) is 11.3 Å². The zero-order valence-electron chi connectivity index (χ0n) is 12.4. The number of ether oxygens (including phenoxy) is 1. The summed E-state index contributed by atoms with van der Waals surface area (Å²) >= 11 is 1.76. The molecule has 1 atom stereocenters. The Hall–Kier alpha value is -1.39. The zero-order chi connectivity index (χ0) is 14.7. The predicted molar refractivity (Wildman–Crippen MR) is 86.6 cm³/mol. The fourth-order valence-electron chi connectivity index (χ4n) is 3.12. The summed E-state index contributed by atoms with van der Waals surface area (Å²) in [5.41, 5.74) is 1.28. The van der Waals surface area contributed by atoms with Crippen LogP contribution in [0.1, 0.15) is 37.8 Å². The molecule has 1 aromatic carbocycles. The van der Waals surface area contributed by atoms with Crippen molar-refractivity contribution >= 4 is 27.4 Å². The number of esters is 1. The highest BCUT2D eigenvalue weighted by atomic mass is 32.1. The molecule has 0 radical (unpaired) electrons. The lowest BCUT2D eigenvalue weighted by molar-refractivity contribution is -0.144. The van der Waals surface area contributed by atoms with E-state index < -0.39 is 0 Å². The zero-order valence-corrected chi connectivity index (χ0v) is 13.2. The highest BCUT2D eigenvalue weighted by Crippen LogP contribution is 2.36. The van der Waals surface area contributed by atoms with E-state index in [-0.39, 0.29) is 12.0 Å². The van der Waals surface area contributed by atoms with Crippen molar-refractivity contribution in [3.8, 4) is 0 Å². The molecule has 1 fully saturated rings. The van der Waals surface area contributed by atoms with Gasteiger partial charge < -0.3 is 4.74 Å². The number of fused-ring (bicyclic) bond motifs is 1. The average Bonchev–Trinajstić information content (AvgIpc) is 3.15. The molecule has 1 saturated heterocycles. The number of carbonyl (C=O) groups is 1. The first-order valence-corrected chi connectivity index (χ1v) is 8.53. The lowest BCUT2D eigenvalue weighted by Crippen LogP contribution is -2.28. The number of rotatable bonds is 5. The van der Waals surface area contributed by atoms with Crippen LogP contribution >= 0.6 is 11.3 Å². The van der Waals surface area contributed by atoms with Gasteiger partial charge in [-0.25, -0.2) is 0 Å². The first kappa shape index (κ1) is 14.5. The summed E-state index contributed by atoms with van der Waals surface area (Å²) in [7, 11) is 0. The second kappa shape index (κ2) is 6.58. The van der Waals surface area contributed by atoms with E-state index >= 15 is 0 Å². The second-order valence-electron chi connectivity index (χ2n) is 5.46. The molecule has 0 aliphatic carbocycles. The van der Waals surface area contributed by atoms with Gasteiger partial charge in [-0.1, -0.05) is 18.2 Å². The Kier molecular flexibility index (Phi) is 4.56. The summed E-state index contributed by atoms with van der Waals surface area (Å²) in [5.74, 6) is -0.0929. The normalized spacial score (nSPS) is 17.2. The van der Waals surface area contributed by atoms with Crippen molar-refractivity contribution in [2.45, 2.75) is 32.2 Å². The number of carbonyl (C=O) groups excluding carboxylic acids is 1. The largest absolute Gasteiger partial charge is 0.466 e. The molecule has 0 amide bonds. The average molecular weight is 303 g/mol. The quantitative estimate of drug-likeness (QED) is 0.782. The maximum atomic E-state index is 12.0. The first-order chi connectivity index (χ1) is 10.3. The second-order valence-corrected chi connectivity index (χ2v) is 6.37. The summed E-state index contributed by atoms with van der Waals surface area (Å²) in [6.45, 7) is 4.47. The van der Waals surface area contributed by atoms with Crippen molar-refractivity contribution < 1.29 is 9.53 Å². The third-order valence-corrected chi connectivity index (χ3v) is 5.10. The molecule has 112 valence electrons. The fraction of sp³-hybridized carbons (Fsp3) is 0.471. The Morgan fingerprint density at radius 2 is 2.10 bits per heavy atom. The van der Waals surface area contributed by atoms with Gasteiger partial charge >= 0.3 is 5.97 Å². The highest BCUT2D eigenvalue weighted by molar-refractivity contribution is 7.17. The van der Waals surface area contributed by atoms with Gasteiger partial charge in [0.2, 0.25) is 0 Å². The Balaban J connectivity index is 1.92. The number of hydrogen-bond donors (Lipinski definition) is 0. The molecule has 3 nitrogen and oxygen atoms in total. The van der Waals surface area contributed by atoms with E-state index in [9.17, 15) is 4.79 Å². The minimum Gasteiger partial charge on any atom is -0.466 e. The predicted octanol–water partition coefficient (Wildman–Crippen LogP) is 3.99. The van der Waals surface area contributed by atoms with Gasteiger partial charge in [0.25, 0.3) is 0 Å². The van der Waals surface area contributed by atoms with Gasteiger partial charge in [0.05, 0.1) is 13.0 Å². The van der Waals surface area contributed by atoms with Crippen molar-refractivity contribution in [3.63, 3.8) is 0 Å². The van der Waals surface area contributed by atoms with Crippen LogP contribution in [0.15, 0.2) is 29.6 Å². The van der Waals surface area contributed by atoms with Gasteiger partial charge in [0, 0.05) is 10.7 Å². The number of hydrogen-bond acceptors (Lipinski definition) is 4. The Labute approximate surface area is 129 Å². The van der Waals surface area contributed by atoms with Crippen LogP contribution in [0.5, 0.6) is 0 Å². The van der Waals surface area contributed by atoms with Crippen molar-refractivity contribution in [1.82, 2.24) is 4.90 Å². The number of likely N-dealkylation sites (tertiary alicyclic amines) is 1. The standard InChI is InChI=1S/C17H21NO2S/c1-2-20-17(19)11-15(18-9-5-6-10-18)14-12-21-16-8-4-3-7-13(14)16/h3-4,7-8,12,15H,2,5-6,9-11H2,1H3. The number of benzene rings is 1. The molecule has 21 heavy (non-hydrogen) atoms. The minimum atomic E-state index is -0.0929. The molecule has 2 aromatic rings. The van der Waals surface area contributed by atoms with Gasteiger partial charge in [0.1, 0.15) is 0 Å². The lowest BCUT2D eigenvalue weighted by Gasteiger charge is -2.26. The minimum absolute atomic E-state index is 0.0929. The van der Waals surface area contributed by atoms with Gasteiger partial charge in [-0.15, -0.1) is 11.3 Å². The third kappa shape index (κ3) is 3.11. The highest BCUT2D eigenvalue weighted by Gasteiger charge is 2.28. The molecular weight excluding hydrogens is 282 g/mol. The van der Waals surface area contributed by atoms with Crippen molar-refractivity contribution in [2.24, 2.45) is 0 Å².